The number of aliphatic hydroxyl groups excluding tert-OH is 1. The molecular weight excluding hydrogens is 218 g/mol. The molecule has 0 fully saturated rings. The third-order valence-electron chi connectivity index (χ3n) is 2.51. The third-order valence-corrected chi connectivity index (χ3v) is 2.51. The molecule has 1 amide bonds. The fourth-order valence-corrected chi connectivity index (χ4v) is 1.47. The number of aliphatic hydroxyl groups is 1. The normalized spacial score (nSPS) is 11.9. The lowest BCUT2D eigenvalue weighted by Crippen LogP contribution is -2.35. The summed E-state index contributed by atoms with van der Waals surface area (Å²) in [6.45, 7) is 2.29. The molecule has 0 bridgehead atoms. The van der Waals surface area contributed by atoms with E-state index in [9.17, 15) is 4.79 Å². The second kappa shape index (κ2) is 7.68. The quantitative estimate of drug-likeness (QED) is 0.796. The van der Waals surface area contributed by atoms with Crippen molar-refractivity contribution in [1.82, 2.24) is 5.32 Å². The van der Waals surface area contributed by atoms with Crippen LogP contribution < -0.4 is 5.32 Å². The van der Waals surface area contributed by atoms with E-state index in [2.05, 4.69) is 5.32 Å². The summed E-state index contributed by atoms with van der Waals surface area (Å²) in [5.74, 6) is 0. The van der Waals surface area contributed by atoms with Gasteiger partial charge in [-0.2, -0.15) is 0 Å². The molecule has 1 aromatic rings. The molecule has 1 rings (SSSR count). The lowest BCUT2D eigenvalue weighted by molar-refractivity contribution is 0.133. The highest BCUT2D eigenvalue weighted by atomic mass is 16.5. The fraction of sp³-hybridized carbons (Fsp3) is 0.462. The lowest BCUT2D eigenvalue weighted by Gasteiger charge is -2.15. The zero-order valence-electron chi connectivity index (χ0n) is 10.1. The average Bonchev–Trinajstić information content (AvgIpc) is 2.37. The van der Waals surface area contributed by atoms with E-state index in [1.165, 1.54) is 0 Å². The van der Waals surface area contributed by atoms with Gasteiger partial charge in [-0.05, 0) is 18.4 Å². The van der Waals surface area contributed by atoms with Gasteiger partial charge in [0, 0.05) is 12.6 Å². The highest BCUT2D eigenvalue weighted by Gasteiger charge is 2.10. The van der Waals surface area contributed by atoms with Gasteiger partial charge in [0.25, 0.3) is 0 Å². The molecule has 0 spiro atoms. The average molecular weight is 237 g/mol. The van der Waals surface area contributed by atoms with Gasteiger partial charge in [-0.25, -0.2) is 4.79 Å². The van der Waals surface area contributed by atoms with E-state index in [0.717, 1.165) is 12.0 Å². The first-order chi connectivity index (χ1) is 8.26. The number of benzene rings is 1. The second-order valence-electron chi connectivity index (χ2n) is 3.82. The van der Waals surface area contributed by atoms with Crippen LogP contribution in [0.1, 0.15) is 25.3 Å². The Morgan fingerprint density at radius 3 is 2.71 bits per heavy atom. The van der Waals surface area contributed by atoms with E-state index in [0.29, 0.717) is 6.42 Å². The standard InChI is InChI=1S/C13H19NO3/c1-2-12(8-9-15)14-13(16)17-10-11-6-4-3-5-7-11/h3-7,12,15H,2,8-10H2,1H3,(H,14,16)/t12-/m0/s1. The Morgan fingerprint density at radius 2 is 2.12 bits per heavy atom. The van der Waals surface area contributed by atoms with Crippen LogP contribution in [0.4, 0.5) is 4.79 Å². The zero-order valence-corrected chi connectivity index (χ0v) is 10.1. The fourth-order valence-electron chi connectivity index (χ4n) is 1.47. The van der Waals surface area contributed by atoms with Crippen LogP contribution in [0.15, 0.2) is 30.3 Å². The van der Waals surface area contributed by atoms with Crippen LogP contribution in [0.2, 0.25) is 0 Å². The number of amides is 1. The van der Waals surface area contributed by atoms with Gasteiger partial charge in [0.2, 0.25) is 0 Å². The van der Waals surface area contributed by atoms with Gasteiger partial charge in [-0.3, -0.25) is 0 Å². The lowest BCUT2D eigenvalue weighted by atomic mass is 10.2. The number of nitrogens with one attached hydrogen (secondary N) is 1. The van der Waals surface area contributed by atoms with Crippen molar-refractivity contribution in [2.75, 3.05) is 6.61 Å². The number of carbonyl (C=O) groups is 1. The van der Waals surface area contributed by atoms with Crippen LogP contribution in [-0.2, 0) is 11.3 Å². The molecule has 2 N–H and O–H groups in total. The minimum absolute atomic E-state index is 0.0247. The van der Waals surface area contributed by atoms with Gasteiger partial charge < -0.3 is 15.2 Å². The van der Waals surface area contributed by atoms with E-state index >= 15 is 0 Å². The summed E-state index contributed by atoms with van der Waals surface area (Å²) in [4.78, 5) is 11.4. The summed E-state index contributed by atoms with van der Waals surface area (Å²) in [5.41, 5.74) is 0.956. The van der Waals surface area contributed by atoms with Crippen molar-refractivity contribution >= 4 is 6.09 Å². The van der Waals surface area contributed by atoms with E-state index < -0.39 is 6.09 Å². The first kappa shape index (κ1) is 13.5. The molecule has 4 heteroatoms. The van der Waals surface area contributed by atoms with Crippen molar-refractivity contribution in [2.45, 2.75) is 32.4 Å². The Morgan fingerprint density at radius 1 is 1.41 bits per heavy atom. The summed E-state index contributed by atoms with van der Waals surface area (Å²) in [7, 11) is 0. The van der Waals surface area contributed by atoms with E-state index in [1.807, 2.05) is 37.3 Å². The predicted octanol–water partition coefficient (Wildman–Crippen LogP) is 2.07. The largest absolute Gasteiger partial charge is 0.445 e. The molecule has 1 atom stereocenters. The molecule has 17 heavy (non-hydrogen) atoms. The van der Waals surface area contributed by atoms with Crippen molar-refractivity contribution in [2.24, 2.45) is 0 Å². The van der Waals surface area contributed by atoms with Crippen molar-refractivity contribution in [3.63, 3.8) is 0 Å². The molecule has 0 radical (unpaired) electrons. The molecule has 1 aromatic carbocycles. The smallest absolute Gasteiger partial charge is 0.407 e. The number of carbonyl (C=O) groups excluding carboxylic acids is 1. The maximum absolute atomic E-state index is 11.4. The van der Waals surface area contributed by atoms with Crippen molar-refractivity contribution in [3.8, 4) is 0 Å². The minimum atomic E-state index is -0.436. The van der Waals surface area contributed by atoms with Crippen LogP contribution in [0.25, 0.3) is 0 Å². The van der Waals surface area contributed by atoms with E-state index in [1.54, 1.807) is 0 Å². The second-order valence-corrected chi connectivity index (χ2v) is 3.82. The molecule has 0 heterocycles. The summed E-state index contributed by atoms with van der Waals surface area (Å²) in [6.07, 6.45) is 0.895. The molecule has 0 aliphatic heterocycles. The van der Waals surface area contributed by atoms with Crippen molar-refractivity contribution in [3.05, 3.63) is 35.9 Å². The number of hydrogen-bond acceptors (Lipinski definition) is 3. The number of rotatable bonds is 6. The van der Waals surface area contributed by atoms with E-state index in [-0.39, 0.29) is 19.3 Å². The Labute approximate surface area is 102 Å². The molecular formula is C13H19NO3. The Bertz CT molecular complexity index is 327. The highest BCUT2D eigenvalue weighted by Crippen LogP contribution is 2.02. The summed E-state index contributed by atoms with van der Waals surface area (Å²) >= 11 is 0. The first-order valence-corrected chi connectivity index (χ1v) is 5.84. The Hall–Kier alpha value is -1.55. The van der Waals surface area contributed by atoms with Crippen LogP contribution in [0.5, 0.6) is 0 Å². The zero-order chi connectivity index (χ0) is 12.5. The maximum Gasteiger partial charge on any atom is 0.407 e. The molecule has 0 unspecified atom stereocenters. The number of alkyl carbamates (subject to hydrolysis) is 1. The van der Waals surface area contributed by atoms with Gasteiger partial charge in [-0.15, -0.1) is 0 Å². The molecule has 0 aliphatic carbocycles. The van der Waals surface area contributed by atoms with Crippen LogP contribution in [0.3, 0.4) is 0 Å². The Balaban J connectivity index is 2.30. The SMILES string of the molecule is CC[C@@H](CCO)NC(=O)OCc1ccccc1. The van der Waals surface area contributed by atoms with Gasteiger partial charge in [-0.1, -0.05) is 37.3 Å². The molecule has 0 saturated heterocycles. The minimum Gasteiger partial charge on any atom is -0.445 e. The monoisotopic (exact) mass is 237 g/mol. The van der Waals surface area contributed by atoms with Crippen LogP contribution >= 0.6 is 0 Å². The maximum atomic E-state index is 11.4. The Kier molecular flexibility index (Phi) is 6.10. The van der Waals surface area contributed by atoms with E-state index in [4.69, 9.17) is 9.84 Å². The molecule has 0 aromatic heterocycles. The summed E-state index contributed by atoms with van der Waals surface area (Å²) < 4.78 is 5.08. The first-order valence-electron chi connectivity index (χ1n) is 5.84. The number of ether oxygens (including phenoxy) is 1. The van der Waals surface area contributed by atoms with Crippen molar-refractivity contribution < 1.29 is 14.6 Å². The summed E-state index contributed by atoms with van der Waals surface area (Å²) in [5, 5.41) is 11.5. The van der Waals surface area contributed by atoms with Crippen LogP contribution in [0, 0.1) is 0 Å². The van der Waals surface area contributed by atoms with Crippen LogP contribution in [-0.4, -0.2) is 23.8 Å². The predicted molar refractivity (Wildman–Crippen MR) is 65.5 cm³/mol. The van der Waals surface area contributed by atoms with Crippen molar-refractivity contribution in [1.29, 1.82) is 0 Å². The highest BCUT2D eigenvalue weighted by molar-refractivity contribution is 5.67. The molecule has 0 aliphatic rings. The molecule has 0 saturated carbocycles. The van der Waals surface area contributed by atoms with Gasteiger partial charge >= 0.3 is 6.09 Å². The van der Waals surface area contributed by atoms with Gasteiger partial charge in [0.1, 0.15) is 6.61 Å². The summed E-state index contributed by atoms with van der Waals surface area (Å²) in [6, 6.07) is 9.49. The van der Waals surface area contributed by atoms with Gasteiger partial charge in [0.15, 0.2) is 0 Å². The number of hydrogen-bond donors (Lipinski definition) is 2. The topological polar surface area (TPSA) is 58.6 Å². The molecule has 4 nitrogen and oxygen atoms in total. The molecule has 94 valence electrons. The van der Waals surface area contributed by atoms with Gasteiger partial charge in [0.05, 0.1) is 0 Å². The third kappa shape index (κ3) is 5.36.